The highest BCUT2D eigenvalue weighted by Gasteiger charge is 2.31. The highest BCUT2D eigenvalue weighted by molar-refractivity contribution is 6.01. The summed E-state index contributed by atoms with van der Waals surface area (Å²) in [6, 6.07) is 10.7. The van der Waals surface area contributed by atoms with E-state index in [1.807, 2.05) is 17.0 Å². The Morgan fingerprint density at radius 3 is 2.40 bits per heavy atom. The van der Waals surface area contributed by atoms with E-state index < -0.39 is 12.3 Å². The molecule has 0 amide bonds. The molecule has 4 aromatic rings. The van der Waals surface area contributed by atoms with Gasteiger partial charge in [-0.15, -0.1) is 13.2 Å². The normalized spacial score (nSPS) is 11.6. The van der Waals surface area contributed by atoms with Gasteiger partial charge in [0.15, 0.2) is 0 Å². The Kier molecular flexibility index (Phi) is 4.73. The monoisotopic (exact) mass is 415 g/mol. The standard InChI is InChI=1S/C21H16F3N3O3/c1-26-11-14(10-25-26)18-12-27(15-4-6-16(7-5-15)30-21(22,23)24)19-8-3-13(9-17(18)19)20(28)29-2/h3-12H,1-2H3. The Hall–Kier alpha value is -3.75. The van der Waals surface area contributed by atoms with Crippen LogP contribution in [0.1, 0.15) is 10.4 Å². The number of rotatable bonds is 4. The maximum absolute atomic E-state index is 12.4. The topological polar surface area (TPSA) is 58.3 Å². The highest BCUT2D eigenvalue weighted by atomic mass is 19.4. The van der Waals surface area contributed by atoms with Gasteiger partial charge in [-0.1, -0.05) is 0 Å². The molecule has 0 saturated heterocycles. The first-order valence-corrected chi connectivity index (χ1v) is 8.84. The van der Waals surface area contributed by atoms with Crippen LogP contribution in [0.4, 0.5) is 13.2 Å². The number of aromatic nitrogens is 3. The molecule has 2 aromatic heterocycles. The lowest BCUT2D eigenvalue weighted by atomic mass is 10.1. The number of carbonyl (C=O) groups is 1. The number of ether oxygens (including phenoxy) is 2. The van der Waals surface area contributed by atoms with Gasteiger partial charge in [0.05, 0.1) is 24.4 Å². The zero-order valence-electron chi connectivity index (χ0n) is 16.0. The number of hydrogen-bond donors (Lipinski definition) is 0. The second kappa shape index (κ2) is 7.25. The third-order valence-corrected chi connectivity index (χ3v) is 4.59. The Morgan fingerprint density at radius 1 is 1.07 bits per heavy atom. The molecule has 4 rings (SSSR count). The van der Waals surface area contributed by atoms with Crippen LogP contribution in [0.15, 0.2) is 61.1 Å². The molecule has 154 valence electrons. The first-order valence-electron chi connectivity index (χ1n) is 8.84. The highest BCUT2D eigenvalue weighted by Crippen LogP contribution is 2.34. The summed E-state index contributed by atoms with van der Waals surface area (Å²) in [5.74, 6) is -0.765. The fourth-order valence-corrected chi connectivity index (χ4v) is 3.29. The van der Waals surface area contributed by atoms with Crippen molar-refractivity contribution < 1.29 is 27.4 Å². The average molecular weight is 415 g/mol. The number of halogens is 3. The summed E-state index contributed by atoms with van der Waals surface area (Å²) in [4.78, 5) is 12.0. The number of carbonyl (C=O) groups excluding carboxylic acids is 1. The van der Waals surface area contributed by atoms with Gasteiger partial charge in [-0.3, -0.25) is 4.68 Å². The smallest absolute Gasteiger partial charge is 0.465 e. The van der Waals surface area contributed by atoms with Crippen molar-refractivity contribution in [2.45, 2.75) is 6.36 Å². The Morgan fingerprint density at radius 2 is 1.80 bits per heavy atom. The van der Waals surface area contributed by atoms with Gasteiger partial charge in [-0.25, -0.2) is 4.79 Å². The molecular weight excluding hydrogens is 399 g/mol. The molecule has 0 atom stereocenters. The number of fused-ring (bicyclic) bond motifs is 1. The SMILES string of the molecule is COC(=O)c1ccc2c(c1)c(-c1cnn(C)c1)cn2-c1ccc(OC(F)(F)F)cc1. The maximum Gasteiger partial charge on any atom is 0.573 e. The van der Waals surface area contributed by atoms with Crippen LogP contribution in [-0.2, 0) is 11.8 Å². The van der Waals surface area contributed by atoms with Crippen molar-refractivity contribution >= 4 is 16.9 Å². The van der Waals surface area contributed by atoms with Crippen LogP contribution in [0.5, 0.6) is 5.75 Å². The third kappa shape index (κ3) is 3.73. The second-order valence-corrected chi connectivity index (χ2v) is 6.58. The van der Waals surface area contributed by atoms with Crippen molar-refractivity contribution in [2.75, 3.05) is 7.11 Å². The van der Waals surface area contributed by atoms with E-state index in [1.54, 1.807) is 36.1 Å². The van der Waals surface area contributed by atoms with Gasteiger partial charge in [0.25, 0.3) is 0 Å². The van der Waals surface area contributed by atoms with Gasteiger partial charge in [0.1, 0.15) is 5.75 Å². The fraction of sp³-hybridized carbons (Fsp3) is 0.143. The van der Waals surface area contributed by atoms with Gasteiger partial charge < -0.3 is 14.0 Å². The maximum atomic E-state index is 12.4. The first-order chi connectivity index (χ1) is 14.2. The second-order valence-electron chi connectivity index (χ2n) is 6.58. The van der Waals surface area contributed by atoms with Crippen LogP contribution < -0.4 is 4.74 Å². The fourth-order valence-electron chi connectivity index (χ4n) is 3.29. The van der Waals surface area contributed by atoms with E-state index in [-0.39, 0.29) is 5.75 Å². The minimum Gasteiger partial charge on any atom is -0.465 e. The molecule has 0 unspecified atom stereocenters. The van der Waals surface area contributed by atoms with Crippen molar-refractivity contribution in [2.24, 2.45) is 7.05 Å². The number of aryl methyl sites for hydroxylation is 1. The molecule has 0 aliphatic carbocycles. The molecular formula is C21H16F3N3O3. The number of methoxy groups -OCH3 is 1. The molecule has 30 heavy (non-hydrogen) atoms. The summed E-state index contributed by atoms with van der Waals surface area (Å²) >= 11 is 0. The van der Waals surface area contributed by atoms with Crippen LogP contribution in [0.3, 0.4) is 0 Å². The predicted octanol–water partition coefficient (Wildman–Crippen LogP) is 4.72. The summed E-state index contributed by atoms with van der Waals surface area (Å²) in [5, 5.41) is 4.97. The van der Waals surface area contributed by atoms with Crippen molar-refractivity contribution in [3.05, 3.63) is 66.6 Å². The number of benzene rings is 2. The molecule has 2 aromatic carbocycles. The van der Waals surface area contributed by atoms with E-state index in [4.69, 9.17) is 4.74 Å². The Labute approximate surface area is 169 Å². The van der Waals surface area contributed by atoms with Gasteiger partial charge in [-0.2, -0.15) is 5.10 Å². The van der Waals surface area contributed by atoms with Gasteiger partial charge >= 0.3 is 12.3 Å². The molecule has 0 aliphatic heterocycles. The van der Waals surface area contributed by atoms with E-state index >= 15 is 0 Å². The largest absolute Gasteiger partial charge is 0.573 e. The number of nitrogens with zero attached hydrogens (tertiary/aromatic N) is 3. The zero-order valence-corrected chi connectivity index (χ0v) is 16.0. The van der Waals surface area contributed by atoms with E-state index in [0.717, 1.165) is 22.0 Å². The molecule has 9 heteroatoms. The summed E-state index contributed by atoms with van der Waals surface area (Å²) < 4.78 is 49.5. The quantitative estimate of drug-likeness (QED) is 0.453. The third-order valence-electron chi connectivity index (χ3n) is 4.59. The minimum atomic E-state index is -4.75. The molecule has 0 fully saturated rings. The van der Waals surface area contributed by atoms with Crippen molar-refractivity contribution in [3.63, 3.8) is 0 Å². The van der Waals surface area contributed by atoms with E-state index in [9.17, 15) is 18.0 Å². The summed E-state index contributed by atoms with van der Waals surface area (Å²) in [5.41, 5.74) is 3.45. The summed E-state index contributed by atoms with van der Waals surface area (Å²) in [7, 11) is 3.10. The average Bonchev–Trinajstić information content (AvgIpc) is 3.30. The molecule has 6 nitrogen and oxygen atoms in total. The zero-order chi connectivity index (χ0) is 21.5. The van der Waals surface area contributed by atoms with E-state index in [2.05, 4.69) is 9.84 Å². The first kappa shape index (κ1) is 19.6. The minimum absolute atomic E-state index is 0.303. The molecule has 0 N–H and O–H groups in total. The van der Waals surface area contributed by atoms with Crippen LogP contribution in [-0.4, -0.2) is 33.8 Å². The van der Waals surface area contributed by atoms with Crippen LogP contribution >= 0.6 is 0 Å². The number of hydrogen-bond acceptors (Lipinski definition) is 4. The lowest BCUT2D eigenvalue weighted by Gasteiger charge is -2.10. The lowest BCUT2D eigenvalue weighted by Crippen LogP contribution is -2.17. The Bertz CT molecular complexity index is 1220. The summed E-state index contributed by atoms with van der Waals surface area (Å²) in [6.07, 6.45) is 0.635. The molecule has 2 heterocycles. The molecule has 0 radical (unpaired) electrons. The number of esters is 1. The predicted molar refractivity (Wildman–Crippen MR) is 103 cm³/mol. The van der Waals surface area contributed by atoms with E-state index in [0.29, 0.717) is 11.3 Å². The number of alkyl halides is 3. The van der Waals surface area contributed by atoms with Crippen molar-refractivity contribution in [3.8, 4) is 22.6 Å². The van der Waals surface area contributed by atoms with Crippen molar-refractivity contribution in [1.29, 1.82) is 0 Å². The molecule has 0 saturated carbocycles. The van der Waals surface area contributed by atoms with Crippen LogP contribution in [0, 0.1) is 0 Å². The lowest BCUT2D eigenvalue weighted by molar-refractivity contribution is -0.274. The molecule has 0 spiro atoms. The molecule has 0 aliphatic rings. The van der Waals surface area contributed by atoms with Crippen LogP contribution in [0.2, 0.25) is 0 Å². The van der Waals surface area contributed by atoms with Gasteiger partial charge in [0, 0.05) is 41.6 Å². The Balaban J connectivity index is 1.85. The van der Waals surface area contributed by atoms with Gasteiger partial charge in [-0.05, 0) is 42.5 Å². The molecule has 0 bridgehead atoms. The van der Waals surface area contributed by atoms with E-state index in [1.165, 1.54) is 31.4 Å². The van der Waals surface area contributed by atoms with Crippen LogP contribution in [0.25, 0.3) is 27.7 Å². The summed E-state index contributed by atoms with van der Waals surface area (Å²) in [6.45, 7) is 0. The van der Waals surface area contributed by atoms with Crippen molar-refractivity contribution in [1.82, 2.24) is 14.3 Å². The van der Waals surface area contributed by atoms with Gasteiger partial charge in [0.2, 0.25) is 0 Å².